The van der Waals surface area contributed by atoms with Gasteiger partial charge in [0.25, 0.3) is 5.91 Å². The maximum atomic E-state index is 13.9. The first-order valence-electron chi connectivity index (χ1n) is 13.4. The molecule has 0 fully saturated rings. The summed E-state index contributed by atoms with van der Waals surface area (Å²) in [5.41, 5.74) is 4.80. The van der Waals surface area contributed by atoms with E-state index < -0.39 is 0 Å². The molecule has 1 heterocycles. The summed E-state index contributed by atoms with van der Waals surface area (Å²) in [6.45, 7) is 4.51. The van der Waals surface area contributed by atoms with E-state index in [0.29, 0.717) is 38.2 Å². The Morgan fingerprint density at radius 2 is 1.44 bits per heavy atom. The van der Waals surface area contributed by atoms with Crippen LogP contribution in [0.3, 0.4) is 0 Å². The first kappa shape index (κ1) is 27.9. The summed E-state index contributed by atoms with van der Waals surface area (Å²) < 4.78 is 7.40. The summed E-state index contributed by atoms with van der Waals surface area (Å²) in [6, 6.07) is 31.9. The van der Waals surface area contributed by atoms with Crippen molar-refractivity contribution in [3.63, 3.8) is 0 Å². The molecule has 6 nitrogen and oxygen atoms in total. The van der Waals surface area contributed by atoms with Gasteiger partial charge in [-0.05, 0) is 48.2 Å². The second kappa shape index (κ2) is 14.1. The van der Waals surface area contributed by atoms with E-state index in [9.17, 15) is 9.59 Å². The van der Waals surface area contributed by atoms with E-state index in [1.165, 1.54) is 5.56 Å². The number of benzene rings is 3. The highest BCUT2D eigenvalue weighted by atomic mass is 16.5. The number of aryl methyl sites for hydroxylation is 1. The number of carbonyl (C=O) groups excluding carboxylic acids is 2. The third-order valence-electron chi connectivity index (χ3n) is 6.81. The number of hydrogen-bond acceptors (Lipinski definition) is 3. The fourth-order valence-electron chi connectivity index (χ4n) is 4.66. The molecule has 0 saturated heterocycles. The molecule has 2 amide bonds. The highest BCUT2D eigenvalue weighted by Crippen LogP contribution is 2.16. The number of nitrogens with zero attached hydrogens (tertiary/aromatic N) is 3. The van der Waals surface area contributed by atoms with E-state index in [0.717, 1.165) is 23.4 Å². The van der Waals surface area contributed by atoms with Crippen molar-refractivity contribution in [2.45, 2.75) is 33.0 Å². The van der Waals surface area contributed by atoms with Crippen molar-refractivity contribution in [1.29, 1.82) is 0 Å². The van der Waals surface area contributed by atoms with E-state index in [4.69, 9.17) is 4.74 Å². The zero-order valence-corrected chi connectivity index (χ0v) is 22.8. The number of aromatic nitrogens is 1. The Morgan fingerprint density at radius 1 is 0.769 bits per heavy atom. The molecular weight excluding hydrogens is 486 g/mol. The van der Waals surface area contributed by atoms with Crippen LogP contribution in [0.4, 0.5) is 0 Å². The minimum Gasteiger partial charge on any atom is -0.385 e. The average Bonchev–Trinajstić information content (AvgIpc) is 3.39. The van der Waals surface area contributed by atoms with Gasteiger partial charge in [0.15, 0.2) is 0 Å². The van der Waals surface area contributed by atoms with Crippen LogP contribution in [0.15, 0.2) is 103 Å². The molecule has 0 aliphatic carbocycles. The topological polar surface area (TPSA) is 54.8 Å². The molecule has 0 N–H and O–H groups in total. The van der Waals surface area contributed by atoms with Crippen LogP contribution in [-0.2, 0) is 29.2 Å². The van der Waals surface area contributed by atoms with Crippen LogP contribution in [0.2, 0.25) is 0 Å². The number of methoxy groups -OCH3 is 1. The van der Waals surface area contributed by atoms with Gasteiger partial charge in [0.2, 0.25) is 5.91 Å². The summed E-state index contributed by atoms with van der Waals surface area (Å²) >= 11 is 0. The van der Waals surface area contributed by atoms with E-state index >= 15 is 0 Å². The van der Waals surface area contributed by atoms with Crippen LogP contribution in [0.25, 0.3) is 0 Å². The molecule has 1 aromatic heterocycles. The molecule has 202 valence electrons. The summed E-state index contributed by atoms with van der Waals surface area (Å²) in [6.07, 6.45) is 2.70. The van der Waals surface area contributed by atoms with Crippen molar-refractivity contribution in [3.05, 3.63) is 131 Å². The van der Waals surface area contributed by atoms with E-state index in [2.05, 4.69) is 22.8 Å². The largest absolute Gasteiger partial charge is 0.385 e. The maximum Gasteiger partial charge on any atom is 0.254 e. The van der Waals surface area contributed by atoms with Crippen LogP contribution < -0.4 is 0 Å². The fourth-order valence-corrected chi connectivity index (χ4v) is 4.66. The number of carbonyl (C=O) groups is 2. The fraction of sp³-hybridized carbons (Fsp3) is 0.273. The molecular formula is C33H37N3O3. The standard InChI is InChI=1S/C33H37N3O3/c1-27-13-9-10-19-31(27)33(38)35(21-12-22-39-2)26-32(37)36(24-29-16-7-4-8-17-29)25-30-18-11-20-34(30)23-28-14-5-3-6-15-28/h3-11,13-20H,12,21-26H2,1-2H3. The number of amides is 2. The Bertz CT molecular complexity index is 1330. The second-order valence-electron chi connectivity index (χ2n) is 9.74. The summed E-state index contributed by atoms with van der Waals surface area (Å²) in [4.78, 5) is 31.0. The normalized spacial score (nSPS) is 10.8. The van der Waals surface area contributed by atoms with Crippen LogP contribution >= 0.6 is 0 Å². The maximum absolute atomic E-state index is 13.9. The molecule has 0 aliphatic heterocycles. The summed E-state index contributed by atoms with van der Waals surface area (Å²) in [7, 11) is 1.64. The van der Waals surface area contributed by atoms with Crippen molar-refractivity contribution in [3.8, 4) is 0 Å². The number of hydrogen-bond donors (Lipinski definition) is 0. The van der Waals surface area contributed by atoms with E-state index in [-0.39, 0.29) is 18.4 Å². The van der Waals surface area contributed by atoms with Gasteiger partial charge >= 0.3 is 0 Å². The molecule has 0 radical (unpaired) electrons. The smallest absolute Gasteiger partial charge is 0.254 e. The highest BCUT2D eigenvalue weighted by Gasteiger charge is 2.24. The van der Waals surface area contributed by atoms with Gasteiger partial charge in [-0.2, -0.15) is 0 Å². The minimum atomic E-state index is -0.135. The summed E-state index contributed by atoms with van der Waals surface area (Å²) in [5, 5.41) is 0. The van der Waals surface area contributed by atoms with Gasteiger partial charge in [-0.25, -0.2) is 0 Å². The van der Waals surface area contributed by atoms with Gasteiger partial charge in [0.1, 0.15) is 6.54 Å². The molecule has 4 aromatic rings. The van der Waals surface area contributed by atoms with E-state index in [1.807, 2.05) is 96.9 Å². The van der Waals surface area contributed by atoms with Crippen LogP contribution in [0.5, 0.6) is 0 Å². The summed E-state index contributed by atoms with van der Waals surface area (Å²) in [5.74, 6) is -0.227. The quantitative estimate of drug-likeness (QED) is 0.216. The first-order chi connectivity index (χ1) is 19.0. The van der Waals surface area contributed by atoms with Crippen molar-refractivity contribution in [2.75, 3.05) is 26.8 Å². The lowest BCUT2D eigenvalue weighted by atomic mass is 10.1. The van der Waals surface area contributed by atoms with Gasteiger partial charge < -0.3 is 19.1 Å². The second-order valence-corrected chi connectivity index (χ2v) is 9.74. The Morgan fingerprint density at radius 3 is 2.13 bits per heavy atom. The average molecular weight is 524 g/mol. The molecule has 39 heavy (non-hydrogen) atoms. The molecule has 0 spiro atoms. The molecule has 0 unspecified atom stereocenters. The lowest BCUT2D eigenvalue weighted by Gasteiger charge is -2.29. The predicted octanol–water partition coefficient (Wildman–Crippen LogP) is 5.55. The van der Waals surface area contributed by atoms with Crippen LogP contribution in [0, 0.1) is 6.92 Å². The van der Waals surface area contributed by atoms with Crippen molar-refractivity contribution < 1.29 is 14.3 Å². The van der Waals surface area contributed by atoms with Gasteiger partial charge in [-0.3, -0.25) is 9.59 Å². The molecule has 0 bridgehead atoms. The number of rotatable bonds is 13. The zero-order valence-electron chi connectivity index (χ0n) is 22.8. The Balaban J connectivity index is 1.57. The Labute approximate surface area is 231 Å². The van der Waals surface area contributed by atoms with Crippen LogP contribution in [0.1, 0.15) is 39.2 Å². The van der Waals surface area contributed by atoms with Gasteiger partial charge in [-0.1, -0.05) is 78.9 Å². The molecule has 0 atom stereocenters. The predicted molar refractivity (Wildman–Crippen MR) is 154 cm³/mol. The lowest BCUT2D eigenvalue weighted by Crippen LogP contribution is -2.43. The van der Waals surface area contributed by atoms with Crippen molar-refractivity contribution in [2.24, 2.45) is 0 Å². The van der Waals surface area contributed by atoms with Crippen LogP contribution in [-0.4, -0.2) is 53.0 Å². The minimum absolute atomic E-state index is 0.00308. The van der Waals surface area contributed by atoms with Crippen molar-refractivity contribution >= 4 is 11.8 Å². The zero-order chi connectivity index (χ0) is 27.5. The monoisotopic (exact) mass is 523 g/mol. The highest BCUT2D eigenvalue weighted by molar-refractivity contribution is 5.97. The third kappa shape index (κ3) is 7.91. The number of ether oxygens (including phenoxy) is 1. The Hall–Kier alpha value is -4.16. The van der Waals surface area contributed by atoms with Crippen molar-refractivity contribution in [1.82, 2.24) is 14.4 Å². The molecule has 0 saturated carbocycles. The molecule has 3 aromatic carbocycles. The van der Waals surface area contributed by atoms with Gasteiger partial charge in [0.05, 0.1) is 6.54 Å². The molecule has 4 rings (SSSR count). The third-order valence-corrected chi connectivity index (χ3v) is 6.81. The lowest BCUT2D eigenvalue weighted by molar-refractivity contribution is -0.133. The Kier molecular flexibility index (Phi) is 10.1. The van der Waals surface area contributed by atoms with Gasteiger partial charge in [0, 0.05) is 50.8 Å². The van der Waals surface area contributed by atoms with E-state index in [1.54, 1.807) is 12.0 Å². The SMILES string of the molecule is COCCCN(CC(=O)N(Cc1ccccc1)Cc1cccn1Cc1ccccc1)C(=O)c1ccccc1C. The first-order valence-corrected chi connectivity index (χ1v) is 13.4. The van der Waals surface area contributed by atoms with Gasteiger partial charge in [-0.15, -0.1) is 0 Å². The molecule has 0 aliphatic rings. The molecule has 6 heteroatoms.